The minimum absolute atomic E-state index is 0.438. The molecule has 0 aliphatic heterocycles. The van der Waals surface area contributed by atoms with Crippen LogP contribution >= 0.6 is 11.3 Å². The van der Waals surface area contributed by atoms with Gasteiger partial charge in [-0.15, -0.1) is 11.3 Å². The third kappa shape index (κ3) is 5.08. The third-order valence-corrected chi connectivity index (χ3v) is 14.2. The Labute approximate surface area is 363 Å². The molecule has 3 nitrogen and oxygen atoms in total. The van der Waals surface area contributed by atoms with Crippen molar-refractivity contribution in [3.8, 4) is 78.7 Å². The summed E-state index contributed by atoms with van der Waals surface area (Å²) in [5, 5.41) is 2.54. The van der Waals surface area contributed by atoms with Crippen LogP contribution in [0.1, 0.15) is 22.3 Å². The minimum Gasteiger partial charge on any atom is -0.208 e. The molecule has 0 amide bonds. The molecule has 0 unspecified atom stereocenters. The van der Waals surface area contributed by atoms with Crippen LogP contribution in [0.3, 0.4) is 0 Å². The number of fused-ring (bicyclic) bond motifs is 13. The van der Waals surface area contributed by atoms with Crippen LogP contribution in [0.5, 0.6) is 0 Å². The fourth-order valence-corrected chi connectivity index (χ4v) is 11.4. The molecule has 0 saturated carbocycles. The molecule has 4 heteroatoms. The predicted octanol–water partition coefficient (Wildman–Crippen LogP) is 14.9. The average molecular weight is 806 g/mol. The molecular weight excluding hydrogens is 771 g/mol. The zero-order valence-corrected chi connectivity index (χ0v) is 34.3. The summed E-state index contributed by atoms with van der Waals surface area (Å²) in [6.07, 6.45) is 0. The summed E-state index contributed by atoms with van der Waals surface area (Å²) < 4.78 is 2.57. The first kappa shape index (κ1) is 35.0. The van der Waals surface area contributed by atoms with E-state index in [9.17, 15) is 0 Å². The third-order valence-electron chi connectivity index (χ3n) is 13.0. The molecule has 13 rings (SSSR count). The number of hydrogen-bond donors (Lipinski definition) is 0. The predicted molar refractivity (Wildman–Crippen MR) is 256 cm³/mol. The highest BCUT2D eigenvalue weighted by Gasteiger charge is 2.51. The van der Waals surface area contributed by atoms with Gasteiger partial charge in [0.1, 0.15) is 0 Å². The van der Waals surface area contributed by atoms with E-state index in [1.807, 2.05) is 29.5 Å². The van der Waals surface area contributed by atoms with E-state index >= 15 is 0 Å². The van der Waals surface area contributed by atoms with Gasteiger partial charge >= 0.3 is 0 Å². The molecular formula is C58H35N3S. The van der Waals surface area contributed by atoms with Crippen molar-refractivity contribution in [2.75, 3.05) is 0 Å². The van der Waals surface area contributed by atoms with E-state index in [4.69, 9.17) is 15.0 Å². The molecule has 0 N–H and O–H groups in total. The maximum atomic E-state index is 5.39. The zero-order valence-electron chi connectivity index (χ0n) is 33.5. The quantitative estimate of drug-likeness (QED) is 0.174. The normalized spacial score (nSPS) is 13.0. The summed E-state index contributed by atoms with van der Waals surface area (Å²) in [5.41, 5.74) is 17.3. The van der Waals surface area contributed by atoms with Gasteiger partial charge in [-0.1, -0.05) is 188 Å². The summed E-state index contributed by atoms with van der Waals surface area (Å²) in [6.45, 7) is 0. The Morgan fingerprint density at radius 2 is 0.710 bits per heavy atom. The number of benzene rings is 9. The lowest BCUT2D eigenvalue weighted by molar-refractivity contribution is 0.794. The van der Waals surface area contributed by atoms with Crippen molar-refractivity contribution in [3.05, 3.63) is 235 Å². The summed E-state index contributed by atoms with van der Waals surface area (Å²) in [5.74, 6) is 1.91. The van der Waals surface area contributed by atoms with Crippen molar-refractivity contribution in [3.63, 3.8) is 0 Å². The Balaban J connectivity index is 1.01. The van der Waals surface area contributed by atoms with E-state index in [1.54, 1.807) is 0 Å². The standard InChI is InChI=1S/C58H35N3S/c1-2-16-36(17-3-1)55-59-56(46-24-6-4-18-39(46)37-31-33-54-48(34-37)45-23-11-15-29-53(45)62-54)61-57(60-55)47-25-7-5-19-40(47)38-30-32-44-43-22-10-14-28-51(43)58(52(44)35-38)49-26-12-8-20-41(49)42-21-9-13-27-50(42)58/h1-35H. The van der Waals surface area contributed by atoms with Crippen molar-refractivity contribution in [1.82, 2.24) is 15.0 Å². The number of nitrogens with zero attached hydrogens (tertiary/aromatic N) is 3. The van der Waals surface area contributed by atoms with Crippen LogP contribution < -0.4 is 0 Å². The van der Waals surface area contributed by atoms with Gasteiger partial charge in [0.2, 0.25) is 0 Å². The van der Waals surface area contributed by atoms with Gasteiger partial charge in [-0.25, -0.2) is 15.0 Å². The van der Waals surface area contributed by atoms with Crippen molar-refractivity contribution < 1.29 is 0 Å². The lowest BCUT2D eigenvalue weighted by atomic mass is 9.70. The summed E-state index contributed by atoms with van der Waals surface area (Å²) in [7, 11) is 0. The molecule has 0 radical (unpaired) electrons. The lowest BCUT2D eigenvalue weighted by Gasteiger charge is -2.30. The highest BCUT2D eigenvalue weighted by atomic mass is 32.1. The van der Waals surface area contributed by atoms with Crippen LogP contribution in [0.25, 0.3) is 98.8 Å². The maximum Gasteiger partial charge on any atom is 0.164 e. The van der Waals surface area contributed by atoms with Crippen LogP contribution in [0.2, 0.25) is 0 Å². The zero-order chi connectivity index (χ0) is 40.8. The van der Waals surface area contributed by atoms with Gasteiger partial charge in [0.05, 0.1) is 5.41 Å². The van der Waals surface area contributed by atoms with E-state index in [0.717, 1.165) is 38.9 Å². The van der Waals surface area contributed by atoms with Crippen LogP contribution in [0.4, 0.5) is 0 Å². The van der Waals surface area contributed by atoms with E-state index < -0.39 is 5.41 Å². The fourth-order valence-electron chi connectivity index (χ4n) is 10.3. The molecule has 2 heterocycles. The van der Waals surface area contributed by atoms with Gasteiger partial charge < -0.3 is 0 Å². The van der Waals surface area contributed by atoms with Gasteiger partial charge in [0, 0.05) is 36.9 Å². The molecule has 0 atom stereocenters. The van der Waals surface area contributed by atoms with Crippen molar-refractivity contribution in [1.29, 1.82) is 0 Å². The summed E-state index contributed by atoms with van der Waals surface area (Å²) >= 11 is 1.83. The van der Waals surface area contributed by atoms with E-state index in [2.05, 4.69) is 194 Å². The topological polar surface area (TPSA) is 38.7 Å². The number of rotatable bonds is 5. The molecule has 2 aromatic heterocycles. The van der Waals surface area contributed by atoms with Gasteiger partial charge in [-0.05, 0) is 91.0 Å². The fraction of sp³-hybridized carbons (Fsp3) is 0.0172. The first-order chi connectivity index (χ1) is 30.7. The van der Waals surface area contributed by atoms with Crippen molar-refractivity contribution in [2.45, 2.75) is 5.41 Å². The minimum atomic E-state index is -0.438. The van der Waals surface area contributed by atoms with E-state index in [1.165, 1.54) is 64.7 Å². The summed E-state index contributed by atoms with van der Waals surface area (Å²) in [6, 6.07) is 76.8. The van der Waals surface area contributed by atoms with Gasteiger partial charge in [0.25, 0.3) is 0 Å². The van der Waals surface area contributed by atoms with Crippen LogP contribution in [0.15, 0.2) is 212 Å². The molecule has 2 aliphatic carbocycles. The van der Waals surface area contributed by atoms with Crippen LogP contribution in [-0.4, -0.2) is 15.0 Å². The summed E-state index contributed by atoms with van der Waals surface area (Å²) in [4.78, 5) is 15.9. The molecule has 11 aromatic rings. The molecule has 62 heavy (non-hydrogen) atoms. The number of aromatic nitrogens is 3. The second-order valence-electron chi connectivity index (χ2n) is 16.2. The molecule has 0 fully saturated rings. The molecule has 288 valence electrons. The highest BCUT2D eigenvalue weighted by molar-refractivity contribution is 7.25. The Bertz CT molecular complexity index is 3540. The molecule has 9 aromatic carbocycles. The maximum absolute atomic E-state index is 5.39. The second kappa shape index (κ2) is 13.6. The van der Waals surface area contributed by atoms with Gasteiger partial charge in [0.15, 0.2) is 17.5 Å². The molecule has 2 aliphatic rings. The first-order valence-corrected chi connectivity index (χ1v) is 21.9. The van der Waals surface area contributed by atoms with Crippen molar-refractivity contribution in [2.24, 2.45) is 0 Å². The Morgan fingerprint density at radius 1 is 0.274 bits per heavy atom. The van der Waals surface area contributed by atoms with E-state index in [0.29, 0.717) is 17.5 Å². The Morgan fingerprint density at radius 3 is 1.32 bits per heavy atom. The number of thiophene rings is 1. The number of hydrogen-bond acceptors (Lipinski definition) is 4. The molecule has 1 spiro atoms. The first-order valence-electron chi connectivity index (χ1n) is 21.1. The smallest absolute Gasteiger partial charge is 0.164 e. The SMILES string of the molecule is c1ccc(-c2nc(-c3ccccc3-c3ccc4c(c3)C3(c5ccccc5-c5ccccc53)c3ccccc3-4)nc(-c3ccccc3-c3ccc4sc5ccccc5c4c3)n2)cc1. The van der Waals surface area contributed by atoms with Crippen LogP contribution in [-0.2, 0) is 5.41 Å². The largest absolute Gasteiger partial charge is 0.208 e. The average Bonchev–Trinajstić information content (AvgIpc) is 3.98. The Kier molecular flexibility index (Phi) is 7.69. The second-order valence-corrected chi connectivity index (χ2v) is 17.3. The Hall–Kier alpha value is -7.79. The van der Waals surface area contributed by atoms with Gasteiger partial charge in [-0.2, -0.15) is 0 Å². The van der Waals surface area contributed by atoms with Crippen molar-refractivity contribution >= 4 is 31.5 Å². The lowest BCUT2D eigenvalue weighted by Crippen LogP contribution is -2.25. The van der Waals surface area contributed by atoms with Gasteiger partial charge in [-0.3, -0.25) is 0 Å². The molecule has 0 bridgehead atoms. The molecule has 0 saturated heterocycles. The van der Waals surface area contributed by atoms with E-state index in [-0.39, 0.29) is 0 Å². The monoisotopic (exact) mass is 805 g/mol. The van der Waals surface area contributed by atoms with Crippen LogP contribution in [0, 0.1) is 0 Å². The highest BCUT2D eigenvalue weighted by Crippen LogP contribution is 2.63.